The van der Waals surface area contributed by atoms with Crippen molar-refractivity contribution >= 4 is 20.0 Å². The summed E-state index contributed by atoms with van der Waals surface area (Å²) in [5.41, 5.74) is -5.67. The largest absolute Gasteiger partial charge is 0.480 e. The van der Waals surface area contributed by atoms with Crippen LogP contribution < -0.4 is 0 Å². The highest BCUT2D eigenvalue weighted by atomic mass is 32.3. The molecule has 0 N–H and O–H groups in total. The third kappa shape index (κ3) is 10.5. The van der Waals surface area contributed by atoms with Crippen LogP contribution in [0.5, 0.6) is 0 Å². The summed E-state index contributed by atoms with van der Waals surface area (Å²) in [6, 6.07) is 0. The molecule has 0 rings (SSSR count). The molecule has 0 amide bonds. The molecule has 11 heteroatoms. The Balaban J connectivity index is 0. The van der Waals surface area contributed by atoms with E-state index in [0.717, 1.165) is 0 Å². The highest BCUT2D eigenvalue weighted by molar-refractivity contribution is 8.12. The fourth-order valence-corrected chi connectivity index (χ4v) is 3.83. The Morgan fingerprint density at radius 1 is 0.875 bits per heavy atom. The molecule has 0 aromatic carbocycles. The van der Waals surface area contributed by atoms with Crippen LogP contribution in [0.3, 0.4) is 0 Å². The van der Waals surface area contributed by atoms with Gasteiger partial charge in [-0.2, -0.15) is 13.2 Å². The third-order valence-electron chi connectivity index (χ3n) is 3.77. The number of rotatable bonds is 9. The van der Waals surface area contributed by atoms with Crippen LogP contribution in [0.2, 0.25) is 0 Å². The molecule has 0 bridgehead atoms. The topological polar surface area (TPSA) is 82.4 Å². The van der Waals surface area contributed by atoms with Gasteiger partial charge in [0.15, 0.2) is 10.0 Å². The van der Waals surface area contributed by atoms with Gasteiger partial charge in [0.25, 0.3) is 0 Å². The summed E-state index contributed by atoms with van der Waals surface area (Å²) in [4.78, 5) is 0. The minimum atomic E-state index is -5.92. The minimum absolute atomic E-state index is 0.246. The third-order valence-corrected chi connectivity index (χ3v) is 6.23. The lowest BCUT2D eigenvalue weighted by atomic mass is 10.2. The van der Waals surface area contributed by atoms with Gasteiger partial charge in [0.2, 0.25) is 0 Å². The number of hydrogen-bond acceptors (Lipinski definition) is 4. The molecule has 0 heterocycles. The van der Waals surface area contributed by atoms with E-state index in [0.29, 0.717) is 0 Å². The smallest absolute Gasteiger partial charge is 0.429 e. The summed E-state index contributed by atoms with van der Waals surface area (Å²) in [5, 5.41) is 0. The van der Waals surface area contributed by atoms with E-state index in [9.17, 15) is 30.0 Å². The van der Waals surface area contributed by atoms with Crippen LogP contribution in [0.1, 0.15) is 47.0 Å². The van der Waals surface area contributed by atoms with Gasteiger partial charge in [-0.1, -0.05) is 13.3 Å². The molecule has 0 saturated heterocycles. The van der Waals surface area contributed by atoms with E-state index in [1.54, 1.807) is 4.13 Å². The van der Waals surface area contributed by atoms with Crippen molar-refractivity contribution in [1.82, 2.24) is 0 Å². The lowest BCUT2D eigenvalue weighted by Gasteiger charge is -2.35. The number of unbranched alkanes of at least 4 members (excludes halogenated alkanes) is 2. The monoisotopic (exact) mass is 398 g/mol. The van der Waals surface area contributed by atoms with Crippen LogP contribution in [0.15, 0.2) is 0 Å². The van der Waals surface area contributed by atoms with Crippen molar-refractivity contribution in [1.29, 1.82) is 0 Å². The molecule has 0 aliphatic carbocycles. The maximum atomic E-state index is 11.4. The molecule has 0 aliphatic heterocycles. The Morgan fingerprint density at radius 2 is 1.29 bits per heavy atom. The summed E-state index contributed by atoms with van der Waals surface area (Å²) in [6.45, 7) is 14.5. The van der Waals surface area contributed by atoms with E-state index < -0.39 is 25.6 Å². The van der Waals surface area contributed by atoms with E-state index in [-0.39, 0.29) is 6.26 Å². The molecule has 0 aromatic heterocycles. The van der Waals surface area contributed by atoms with Gasteiger partial charge in [-0.05, 0) is 33.6 Å². The molecule has 0 atom stereocenters. The highest BCUT2D eigenvalue weighted by Gasteiger charge is 2.39. The number of sulfonamides is 2. The second-order valence-corrected chi connectivity index (χ2v) is 8.92. The van der Waals surface area contributed by atoms with E-state index in [1.807, 2.05) is 0 Å². The van der Waals surface area contributed by atoms with Gasteiger partial charge < -0.3 is 8.61 Å². The van der Waals surface area contributed by atoms with E-state index in [2.05, 4.69) is 27.7 Å². The Hall–Kier alpha value is -0.390. The zero-order valence-electron chi connectivity index (χ0n) is 14.9. The zero-order valence-corrected chi connectivity index (χ0v) is 16.6. The molecule has 0 unspecified atom stereocenters. The Morgan fingerprint density at radius 3 is 1.50 bits per heavy atom. The lowest BCUT2D eigenvalue weighted by molar-refractivity contribution is -0.923. The Labute approximate surface area is 144 Å². The summed E-state index contributed by atoms with van der Waals surface area (Å²) in [6.07, 6.45) is 4.40. The average Bonchev–Trinajstić information content (AvgIpc) is 2.41. The second kappa shape index (κ2) is 10.6. The highest BCUT2D eigenvalue weighted by Crippen LogP contribution is 2.29. The van der Waals surface area contributed by atoms with Gasteiger partial charge in [0, 0.05) is 6.26 Å². The van der Waals surface area contributed by atoms with Crippen molar-refractivity contribution in [2.24, 2.45) is 0 Å². The number of alkyl halides is 3. The van der Waals surface area contributed by atoms with Crippen LogP contribution in [0.25, 0.3) is 4.13 Å². The number of nitrogens with zero attached hydrogens (tertiary/aromatic N) is 2. The van der Waals surface area contributed by atoms with Gasteiger partial charge >= 0.3 is 5.51 Å². The molecular weight excluding hydrogens is 369 g/mol. The first-order valence-electron chi connectivity index (χ1n) is 7.80. The molecule has 0 spiro atoms. The first kappa shape index (κ1) is 25.8. The van der Waals surface area contributed by atoms with Crippen molar-refractivity contribution in [3.63, 3.8) is 0 Å². The fourth-order valence-electron chi connectivity index (χ4n) is 2.06. The van der Waals surface area contributed by atoms with Crippen molar-refractivity contribution in [2.45, 2.75) is 52.5 Å². The van der Waals surface area contributed by atoms with Crippen molar-refractivity contribution < 1.29 is 34.5 Å². The van der Waals surface area contributed by atoms with Crippen LogP contribution >= 0.6 is 0 Å². The summed E-state index contributed by atoms with van der Waals surface area (Å²) in [5.74, 6) is 0. The summed E-state index contributed by atoms with van der Waals surface area (Å²) in [7, 11) is -10.5. The molecule has 24 heavy (non-hydrogen) atoms. The summed E-state index contributed by atoms with van der Waals surface area (Å²) < 4.78 is 77.3. The van der Waals surface area contributed by atoms with Crippen LogP contribution in [-0.4, -0.2) is 59.3 Å². The Kier molecular flexibility index (Phi) is 11.4. The van der Waals surface area contributed by atoms with Gasteiger partial charge in [-0.3, -0.25) is 0 Å². The quantitative estimate of drug-likeness (QED) is 0.441. The second-order valence-electron chi connectivity index (χ2n) is 5.45. The Bertz CT molecular complexity index is 534. The number of quaternary nitrogens is 1. The molecule has 0 saturated carbocycles. The first-order valence-corrected chi connectivity index (χ1v) is 11.1. The van der Waals surface area contributed by atoms with Gasteiger partial charge in [0.05, 0.1) is 36.2 Å². The fraction of sp³-hybridized carbons (Fsp3) is 1.00. The molecule has 148 valence electrons. The maximum Gasteiger partial charge on any atom is 0.480 e. The van der Waals surface area contributed by atoms with Crippen molar-refractivity contribution in [3.05, 3.63) is 4.13 Å². The zero-order chi connectivity index (χ0) is 19.7. The average molecular weight is 399 g/mol. The molecule has 0 fully saturated rings. The lowest BCUT2D eigenvalue weighted by Crippen LogP contribution is -2.48. The minimum Gasteiger partial charge on any atom is -0.429 e. The normalized spacial score (nSPS) is 13.3. The predicted molar refractivity (Wildman–Crippen MR) is 89.5 cm³/mol. The van der Waals surface area contributed by atoms with Crippen molar-refractivity contribution in [2.75, 3.05) is 32.4 Å². The molecular formula is C13H29F3N2O4S2. The SMILES string of the molecule is CCCCC[N+](CC)(CC)CC.CS(=O)(=O)[N-]S(=O)(=O)C(F)(F)F. The molecule has 0 aromatic rings. The molecule has 6 nitrogen and oxygen atoms in total. The van der Waals surface area contributed by atoms with Crippen LogP contribution in [0.4, 0.5) is 13.2 Å². The van der Waals surface area contributed by atoms with Gasteiger partial charge in [0.1, 0.15) is 0 Å². The van der Waals surface area contributed by atoms with Crippen molar-refractivity contribution in [3.8, 4) is 0 Å². The van der Waals surface area contributed by atoms with Crippen LogP contribution in [0, 0.1) is 0 Å². The van der Waals surface area contributed by atoms with E-state index in [1.165, 1.54) is 49.9 Å². The van der Waals surface area contributed by atoms with Gasteiger partial charge in [-0.25, -0.2) is 16.8 Å². The maximum absolute atomic E-state index is 11.4. The van der Waals surface area contributed by atoms with Crippen LogP contribution in [-0.2, 0) is 20.0 Å². The molecule has 0 radical (unpaired) electrons. The standard InChI is InChI=1S/C11H26N.C2H3F3NO4S2/c1-5-9-10-11-12(6-2,7-3)8-4;1-11(7,8)6-12(9,10)2(3,4)5/h5-11H2,1-4H3;1H3/q+1;-1. The molecule has 0 aliphatic rings. The van der Waals surface area contributed by atoms with E-state index >= 15 is 0 Å². The number of halogens is 3. The predicted octanol–water partition coefficient (Wildman–Crippen LogP) is 3.22. The van der Waals surface area contributed by atoms with E-state index in [4.69, 9.17) is 0 Å². The number of hydrogen-bond donors (Lipinski definition) is 0. The first-order chi connectivity index (χ1) is 10.7. The van der Waals surface area contributed by atoms with Gasteiger partial charge in [-0.15, -0.1) is 0 Å². The summed E-state index contributed by atoms with van der Waals surface area (Å²) >= 11 is 0.